The van der Waals surface area contributed by atoms with Gasteiger partial charge in [0.15, 0.2) is 0 Å². The summed E-state index contributed by atoms with van der Waals surface area (Å²) in [5.74, 6) is 2.28. The monoisotopic (exact) mass is 275 g/mol. The third-order valence-corrected chi connectivity index (χ3v) is 2.79. The van der Waals surface area contributed by atoms with E-state index in [0.29, 0.717) is 23.1 Å². The van der Waals surface area contributed by atoms with Crippen molar-refractivity contribution in [2.45, 2.75) is 13.0 Å². The topological polar surface area (TPSA) is 60.8 Å². The van der Waals surface area contributed by atoms with Crippen molar-refractivity contribution in [3.05, 3.63) is 42.1 Å². The van der Waals surface area contributed by atoms with E-state index in [1.807, 2.05) is 0 Å². The molecule has 1 atom stereocenters. The maximum atomic E-state index is 9.43. The highest BCUT2D eigenvalue weighted by Gasteiger charge is 2.06. The Balaban J connectivity index is 2.20. The van der Waals surface area contributed by atoms with Crippen LogP contribution in [0, 0.1) is 0 Å². The van der Waals surface area contributed by atoms with Gasteiger partial charge < -0.3 is 19.3 Å². The first-order valence-electron chi connectivity index (χ1n) is 6.17. The van der Waals surface area contributed by atoms with Gasteiger partial charge in [-0.1, -0.05) is 0 Å². The fraction of sp³-hybridized carbons (Fsp3) is 0.267. The molecular formula is C15H17NO4. The quantitative estimate of drug-likeness (QED) is 0.909. The molecule has 1 heterocycles. The molecule has 1 aromatic carbocycles. The molecule has 2 aromatic rings. The van der Waals surface area contributed by atoms with E-state index in [4.69, 9.17) is 14.2 Å². The Labute approximate surface area is 117 Å². The third-order valence-electron chi connectivity index (χ3n) is 2.79. The molecule has 1 aromatic heterocycles. The molecule has 1 N–H and O–H groups in total. The molecule has 0 spiro atoms. The number of methoxy groups -OCH3 is 2. The van der Waals surface area contributed by atoms with Crippen molar-refractivity contribution in [2.24, 2.45) is 0 Å². The molecule has 0 aliphatic heterocycles. The molecule has 5 heteroatoms. The first-order valence-corrected chi connectivity index (χ1v) is 6.17. The molecule has 0 aliphatic rings. The molecule has 2 rings (SSSR count). The van der Waals surface area contributed by atoms with Crippen molar-refractivity contribution in [2.75, 3.05) is 14.2 Å². The summed E-state index contributed by atoms with van der Waals surface area (Å²) < 4.78 is 16.0. The first kappa shape index (κ1) is 14.1. The lowest BCUT2D eigenvalue weighted by Gasteiger charge is -2.10. The Morgan fingerprint density at radius 1 is 1.00 bits per heavy atom. The fourth-order valence-corrected chi connectivity index (χ4v) is 1.66. The van der Waals surface area contributed by atoms with Crippen molar-refractivity contribution in [3.63, 3.8) is 0 Å². The lowest BCUT2D eigenvalue weighted by Crippen LogP contribution is -1.94. The highest BCUT2D eigenvalue weighted by molar-refractivity contribution is 5.43. The van der Waals surface area contributed by atoms with Crippen molar-refractivity contribution in [1.82, 2.24) is 4.98 Å². The molecule has 0 saturated carbocycles. The molecule has 0 radical (unpaired) electrons. The minimum atomic E-state index is -0.548. The van der Waals surface area contributed by atoms with Crippen LogP contribution >= 0.6 is 0 Å². The SMILES string of the molecule is COc1cc(OC)cc(Oc2ccc([C@@H](C)O)cn2)c1. The van der Waals surface area contributed by atoms with Crippen LogP contribution in [0.25, 0.3) is 0 Å². The number of pyridine rings is 1. The number of aliphatic hydroxyl groups excluding tert-OH is 1. The average molecular weight is 275 g/mol. The van der Waals surface area contributed by atoms with E-state index in [2.05, 4.69) is 4.98 Å². The Bertz CT molecular complexity index is 544. The molecular weight excluding hydrogens is 258 g/mol. The standard InChI is InChI=1S/C15H17NO4/c1-10(17)11-4-5-15(16-9-11)20-14-7-12(18-2)6-13(8-14)19-3/h4-10,17H,1-3H3/t10-/m1/s1. The van der Waals surface area contributed by atoms with E-state index in [9.17, 15) is 5.11 Å². The predicted octanol–water partition coefficient (Wildman–Crippen LogP) is 2.94. The minimum absolute atomic E-state index is 0.435. The van der Waals surface area contributed by atoms with Crippen LogP contribution in [-0.4, -0.2) is 24.3 Å². The van der Waals surface area contributed by atoms with Gasteiger partial charge in [-0.3, -0.25) is 0 Å². The third kappa shape index (κ3) is 3.39. The Hall–Kier alpha value is -2.27. The van der Waals surface area contributed by atoms with Crippen molar-refractivity contribution in [1.29, 1.82) is 0 Å². The second-order valence-corrected chi connectivity index (χ2v) is 4.26. The molecule has 106 valence electrons. The summed E-state index contributed by atoms with van der Waals surface area (Å²) in [4.78, 5) is 4.14. The zero-order valence-electron chi connectivity index (χ0n) is 11.7. The van der Waals surface area contributed by atoms with E-state index < -0.39 is 6.10 Å². The number of aromatic nitrogens is 1. The summed E-state index contributed by atoms with van der Waals surface area (Å²) in [7, 11) is 3.16. The van der Waals surface area contributed by atoms with Gasteiger partial charge in [-0.2, -0.15) is 0 Å². The summed E-state index contributed by atoms with van der Waals surface area (Å²) in [5, 5.41) is 9.43. The average Bonchev–Trinajstić information content (AvgIpc) is 2.47. The van der Waals surface area contributed by atoms with Crippen molar-refractivity contribution in [3.8, 4) is 23.1 Å². The maximum Gasteiger partial charge on any atom is 0.219 e. The van der Waals surface area contributed by atoms with Gasteiger partial charge in [0, 0.05) is 30.5 Å². The van der Waals surface area contributed by atoms with Gasteiger partial charge >= 0.3 is 0 Å². The highest BCUT2D eigenvalue weighted by Crippen LogP contribution is 2.30. The number of aliphatic hydroxyl groups is 1. The van der Waals surface area contributed by atoms with Crippen LogP contribution in [0.4, 0.5) is 0 Å². The molecule has 20 heavy (non-hydrogen) atoms. The lowest BCUT2D eigenvalue weighted by atomic mass is 10.2. The van der Waals surface area contributed by atoms with E-state index in [-0.39, 0.29) is 0 Å². The molecule has 0 unspecified atom stereocenters. The molecule has 0 amide bonds. The van der Waals surface area contributed by atoms with Crippen LogP contribution in [0.2, 0.25) is 0 Å². The highest BCUT2D eigenvalue weighted by atomic mass is 16.5. The van der Waals surface area contributed by atoms with Gasteiger partial charge in [-0.25, -0.2) is 4.98 Å². The van der Waals surface area contributed by atoms with E-state index in [0.717, 1.165) is 5.56 Å². The van der Waals surface area contributed by atoms with Crippen LogP contribution in [-0.2, 0) is 0 Å². The smallest absolute Gasteiger partial charge is 0.219 e. The van der Waals surface area contributed by atoms with Gasteiger partial charge in [0.05, 0.1) is 20.3 Å². The lowest BCUT2D eigenvalue weighted by molar-refractivity contribution is 0.198. The van der Waals surface area contributed by atoms with E-state index in [1.54, 1.807) is 57.7 Å². The maximum absolute atomic E-state index is 9.43. The Kier molecular flexibility index (Phi) is 4.42. The number of hydrogen-bond acceptors (Lipinski definition) is 5. The second kappa shape index (κ2) is 6.25. The molecule has 0 aliphatic carbocycles. The van der Waals surface area contributed by atoms with Gasteiger partial charge in [0.2, 0.25) is 5.88 Å². The van der Waals surface area contributed by atoms with Crippen LogP contribution < -0.4 is 14.2 Å². The minimum Gasteiger partial charge on any atom is -0.496 e. The van der Waals surface area contributed by atoms with Crippen molar-refractivity contribution >= 4 is 0 Å². The second-order valence-electron chi connectivity index (χ2n) is 4.26. The number of rotatable bonds is 5. The van der Waals surface area contributed by atoms with E-state index >= 15 is 0 Å². The van der Waals surface area contributed by atoms with E-state index in [1.165, 1.54) is 0 Å². The molecule has 0 saturated heterocycles. The summed E-state index contributed by atoms with van der Waals surface area (Å²) in [5.41, 5.74) is 0.737. The summed E-state index contributed by atoms with van der Waals surface area (Å²) in [6, 6.07) is 8.72. The Morgan fingerprint density at radius 2 is 1.60 bits per heavy atom. The number of hydrogen-bond donors (Lipinski definition) is 1. The summed E-state index contributed by atoms with van der Waals surface area (Å²) in [6.45, 7) is 1.68. The zero-order chi connectivity index (χ0) is 14.5. The van der Waals surface area contributed by atoms with Gasteiger partial charge in [0.25, 0.3) is 0 Å². The van der Waals surface area contributed by atoms with Gasteiger partial charge in [-0.15, -0.1) is 0 Å². The largest absolute Gasteiger partial charge is 0.496 e. The first-order chi connectivity index (χ1) is 9.62. The number of nitrogens with zero attached hydrogens (tertiary/aromatic N) is 1. The zero-order valence-corrected chi connectivity index (χ0v) is 11.7. The molecule has 0 bridgehead atoms. The van der Waals surface area contributed by atoms with Crippen molar-refractivity contribution < 1.29 is 19.3 Å². The van der Waals surface area contributed by atoms with Gasteiger partial charge in [0.1, 0.15) is 17.2 Å². The molecule has 0 fully saturated rings. The number of benzene rings is 1. The Morgan fingerprint density at radius 3 is 2.05 bits per heavy atom. The normalized spacial score (nSPS) is 11.8. The van der Waals surface area contributed by atoms with Crippen LogP contribution in [0.5, 0.6) is 23.1 Å². The number of ether oxygens (including phenoxy) is 3. The van der Waals surface area contributed by atoms with Crippen LogP contribution in [0.15, 0.2) is 36.5 Å². The van der Waals surface area contributed by atoms with Crippen LogP contribution in [0.1, 0.15) is 18.6 Å². The fourth-order valence-electron chi connectivity index (χ4n) is 1.66. The summed E-state index contributed by atoms with van der Waals surface area (Å²) in [6.07, 6.45) is 1.03. The van der Waals surface area contributed by atoms with Gasteiger partial charge in [-0.05, 0) is 18.6 Å². The summed E-state index contributed by atoms with van der Waals surface area (Å²) >= 11 is 0. The molecule has 5 nitrogen and oxygen atoms in total. The van der Waals surface area contributed by atoms with Crippen LogP contribution in [0.3, 0.4) is 0 Å². The predicted molar refractivity (Wildman–Crippen MR) is 74.5 cm³/mol.